The number of anilines is 2. The van der Waals surface area contributed by atoms with Crippen LogP contribution in [0.2, 0.25) is 0 Å². The molecule has 1 aliphatic carbocycles. The Morgan fingerprint density at radius 1 is 1.27 bits per heavy atom. The van der Waals surface area contributed by atoms with Gasteiger partial charge in [-0.2, -0.15) is 10.2 Å². The Kier molecular flexibility index (Phi) is 9.59. The molecule has 1 fully saturated rings. The van der Waals surface area contributed by atoms with E-state index in [1.165, 1.54) is 32.1 Å². The third kappa shape index (κ3) is 8.08. The van der Waals surface area contributed by atoms with Gasteiger partial charge in [0.2, 0.25) is 0 Å². The fraction of sp³-hybridized carbons (Fsp3) is 0.500. The zero-order valence-electron chi connectivity index (χ0n) is 17.8. The van der Waals surface area contributed by atoms with Crippen molar-refractivity contribution in [2.45, 2.75) is 58.6 Å². The van der Waals surface area contributed by atoms with Gasteiger partial charge in [0.15, 0.2) is 5.82 Å². The van der Waals surface area contributed by atoms with E-state index in [9.17, 15) is 4.79 Å². The van der Waals surface area contributed by atoms with Crippen molar-refractivity contribution in [1.29, 1.82) is 0 Å². The van der Waals surface area contributed by atoms with E-state index < -0.39 is 6.09 Å². The lowest BCUT2D eigenvalue weighted by Gasteiger charge is -2.03. The minimum Gasteiger partial charge on any atom is -0.465 e. The zero-order valence-corrected chi connectivity index (χ0v) is 17.8. The molecule has 30 heavy (non-hydrogen) atoms. The molecule has 0 atom stereocenters. The largest absolute Gasteiger partial charge is 0.465 e. The van der Waals surface area contributed by atoms with Crippen LogP contribution in [-0.4, -0.2) is 49.1 Å². The molecule has 10 nitrogen and oxygen atoms in total. The van der Waals surface area contributed by atoms with Gasteiger partial charge >= 0.3 is 6.09 Å². The summed E-state index contributed by atoms with van der Waals surface area (Å²) >= 11 is 0. The van der Waals surface area contributed by atoms with Crippen molar-refractivity contribution in [3.8, 4) is 0 Å². The number of hydrogen-bond donors (Lipinski definition) is 4. The summed E-state index contributed by atoms with van der Waals surface area (Å²) in [7, 11) is 1.64. The van der Waals surface area contributed by atoms with Crippen LogP contribution in [0.5, 0.6) is 0 Å². The average Bonchev–Trinajstić information content (AvgIpc) is 3.45. The Balaban J connectivity index is 0.000000220. The van der Waals surface area contributed by atoms with E-state index in [-0.39, 0.29) is 6.04 Å². The topological polar surface area (TPSA) is 129 Å². The number of nitrogens with one attached hydrogen (secondary N) is 3. The van der Waals surface area contributed by atoms with Gasteiger partial charge in [-0.25, -0.2) is 14.3 Å². The number of aromatic amines is 1. The van der Waals surface area contributed by atoms with Crippen molar-refractivity contribution >= 4 is 23.2 Å². The molecule has 0 spiro atoms. The molecular formula is C20H31N7O3. The molecule has 3 aromatic rings. The Hall–Kier alpha value is -3.14. The summed E-state index contributed by atoms with van der Waals surface area (Å²) in [6.07, 6.45) is 11.7. The molecule has 3 aromatic heterocycles. The minimum absolute atomic E-state index is 0.0255. The highest BCUT2D eigenvalue weighted by Gasteiger charge is 2.07. The summed E-state index contributed by atoms with van der Waals surface area (Å²) in [6.45, 7) is 4.02. The van der Waals surface area contributed by atoms with Crippen LogP contribution in [0.3, 0.4) is 0 Å². The molecule has 0 saturated heterocycles. The number of ether oxygens (including phenoxy) is 1. The minimum atomic E-state index is -0.963. The van der Waals surface area contributed by atoms with Crippen LogP contribution >= 0.6 is 0 Å². The maximum atomic E-state index is 9.70. The van der Waals surface area contributed by atoms with Crippen LogP contribution in [0.15, 0.2) is 30.7 Å². The monoisotopic (exact) mass is 417 g/mol. The molecule has 0 aromatic carbocycles. The summed E-state index contributed by atoms with van der Waals surface area (Å²) in [5.41, 5.74) is 1.75. The van der Waals surface area contributed by atoms with Crippen molar-refractivity contribution in [3.05, 3.63) is 36.4 Å². The average molecular weight is 418 g/mol. The van der Waals surface area contributed by atoms with Crippen LogP contribution in [0, 0.1) is 0 Å². The van der Waals surface area contributed by atoms with Gasteiger partial charge < -0.3 is 20.5 Å². The lowest BCUT2D eigenvalue weighted by atomic mass is 10.4. The normalized spacial score (nSPS) is 12.7. The molecule has 0 aliphatic heterocycles. The third-order valence-corrected chi connectivity index (χ3v) is 4.15. The Morgan fingerprint density at radius 3 is 2.47 bits per heavy atom. The van der Waals surface area contributed by atoms with E-state index in [4.69, 9.17) is 9.84 Å². The first-order valence-electron chi connectivity index (χ1n) is 10.1. The van der Waals surface area contributed by atoms with Gasteiger partial charge in [-0.15, -0.1) is 0 Å². The molecule has 1 amide bonds. The first-order valence-corrected chi connectivity index (χ1v) is 10.1. The zero-order chi connectivity index (χ0) is 21.8. The molecule has 10 heteroatoms. The molecule has 0 bridgehead atoms. The van der Waals surface area contributed by atoms with E-state index >= 15 is 0 Å². The molecule has 3 heterocycles. The molecule has 1 saturated carbocycles. The number of nitrogens with zero attached hydrogens (tertiary/aromatic N) is 4. The van der Waals surface area contributed by atoms with Crippen LogP contribution in [-0.2, 0) is 11.3 Å². The summed E-state index contributed by atoms with van der Waals surface area (Å²) in [4.78, 5) is 14.0. The second-order valence-electron chi connectivity index (χ2n) is 7.14. The van der Waals surface area contributed by atoms with E-state index in [0.29, 0.717) is 6.61 Å². The van der Waals surface area contributed by atoms with Crippen molar-refractivity contribution < 1.29 is 14.6 Å². The lowest BCUT2D eigenvalue weighted by Crippen LogP contribution is -2.27. The number of carbonyl (C=O) groups is 1. The quantitative estimate of drug-likeness (QED) is 0.494. The fourth-order valence-electron chi connectivity index (χ4n) is 2.87. The smallest absolute Gasteiger partial charge is 0.404 e. The summed E-state index contributed by atoms with van der Waals surface area (Å²) in [5.74, 6) is 1.50. The van der Waals surface area contributed by atoms with Crippen LogP contribution in [0.1, 0.15) is 51.6 Å². The fourth-order valence-corrected chi connectivity index (χ4v) is 2.87. The maximum absolute atomic E-state index is 9.70. The highest BCUT2D eigenvalue weighted by molar-refractivity contribution is 5.72. The number of amides is 1. The molecule has 4 N–H and O–H groups in total. The van der Waals surface area contributed by atoms with Crippen molar-refractivity contribution in [3.63, 3.8) is 0 Å². The number of fused-ring (bicyclic) bond motifs is 1. The molecular weight excluding hydrogens is 386 g/mol. The standard InChI is InChI=1S/C11H12N6O.C5H10.C4H9NO2/c1-18-7-8-6-9-11(12-4-5-17(9)16-8)14-10-2-3-13-15-10;1-2-4-5-3-1;1-3(2)5-4(6)7/h2-6H,7H2,1H3,(H2,12,13,14,15);1-5H2;3,5H,1-2H3,(H,6,7). The van der Waals surface area contributed by atoms with E-state index in [1.807, 2.05) is 12.1 Å². The second kappa shape index (κ2) is 12.4. The van der Waals surface area contributed by atoms with Gasteiger partial charge in [-0.1, -0.05) is 32.1 Å². The number of aromatic nitrogens is 5. The molecule has 1 aliphatic rings. The highest BCUT2D eigenvalue weighted by Crippen LogP contribution is 2.18. The summed E-state index contributed by atoms with van der Waals surface area (Å²) in [6, 6.07) is 3.80. The number of rotatable bonds is 5. The number of H-pyrrole nitrogens is 1. The van der Waals surface area contributed by atoms with E-state index in [1.54, 1.807) is 44.1 Å². The van der Waals surface area contributed by atoms with Crippen molar-refractivity contribution in [1.82, 2.24) is 30.1 Å². The van der Waals surface area contributed by atoms with Gasteiger partial charge in [0.1, 0.15) is 11.3 Å². The van der Waals surface area contributed by atoms with Crippen LogP contribution < -0.4 is 10.6 Å². The Labute approximate surface area is 176 Å². The Bertz CT molecular complexity index is 866. The van der Waals surface area contributed by atoms with E-state index in [0.717, 1.165) is 22.8 Å². The van der Waals surface area contributed by atoms with Gasteiger partial charge in [0.25, 0.3) is 0 Å². The lowest BCUT2D eigenvalue weighted by molar-refractivity contribution is 0.181. The van der Waals surface area contributed by atoms with Gasteiger partial charge in [0.05, 0.1) is 18.5 Å². The van der Waals surface area contributed by atoms with E-state index in [2.05, 4.69) is 30.9 Å². The summed E-state index contributed by atoms with van der Waals surface area (Å²) < 4.78 is 6.83. The maximum Gasteiger partial charge on any atom is 0.404 e. The first kappa shape index (κ1) is 23.1. The second-order valence-corrected chi connectivity index (χ2v) is 7.14. The predicted molar refractivity (Wildman–Crippen MR) is 115 cm³/mol. The molecule has 0 unspecified atom stereocenters. The van der Waals surface area contributed by atoms with Crippen molar-refractivity contribution in [2.75, 3.05) is 12.4 Å². The molecule has 4 rings (SSSR count). The molecule has 0 radical (unpaired) electrons. The van der Waals surface area contributed by atoms with Crippen molar-refractivity contribution in [2.24, 2.45) is 0 Å². The first-order chi connectivity index (χ1) is 14.5. The third-order valence-electron chi connectivity index (χ3n) is 4.15. The highest BCUT2D eigenvalue weighted by atomic mass is 16.5. The SMILES string of the molecule is C1CCCC1.CC(C)NC(=O)O.COCc1cc2c(Nc3ccn[nH]3)nccn2n1. The number of hydrogen-bond acceptors (Lipinski definition) is 6. The van der Waals surface area contributed by atoms with Crippen LogP contribution in [0.25, 0.3) is 5.52 Å². The van der Waals surface area contributed by atoms with Gasteiger partial charge in [0, 0.05) is 31.6 Å². The van der Waals surface area contributed by atoms with Gasteiger partial charge in [-0.05, 0) is 19.9 Å². The number of carboxylic acid groups (broad SMARTS) is 1. The van der Waals surface area contributed by atoms with Gasteiger partial charge in [-0.3, -0.25) is 5.10 Å². The predicted octanol–water partition coefficient (Wildman–Crippen LogP) is 3.96. The molecule has 164 valence electrons. The Morgan fingerprint density at radius 2 is 1.97 bits per heavy atom. The summed E-state index contributed by atoms with van der Waals surface area (Å²) in [5, 5.41) is 24.4. The van der Waals surface area contributed by atoms with Crippen LogP contribution in [0.4, 0.5) is 16.4 Å². The number of methoxy groups -OCH3 is 1.